The van der Waals surface area contributed by atoms with Crippen molar-refractivity contribution in [2.45, 2.75) is 24.0 Å². The highest BCUT2D eigenvalue weighted by Crippen LogP contribution is 2.23. The summed E-state index contributed by atoms with van der Waals surface area (Å²) in [6.45, 7) is 1.26. The molecule has 0 radical (unpaired) electrons. The summed E-state index contributed by atoms with van der Waals surface area (Å²) in [6, 6.07) is 1.93. The van der Waals surface area contributed by atoms with Crippen LogP contribution in [0.2, 0.25) is 0 Å². The molecule has 2 rings (SSSR count). The molecule has 1 aliphatic rings. The minimum Gasteiger partial charge on any atom is -0.354 e. The Labute approximate surface area is 128 Å². The molecule has 2 heterocycles. The molecule has 1 unspecified atom stereocenters. The summed E-state index contributed by atoms with van der Waals surface area (Å²) in [7, 11) is -3.24. The van der Waals surface area contributed by atoms with Crippen molar-refractivity contribution in [1.29, 1.82) is 5.26 Å². The van der Waals surface area contributed by atoms with Crippen molar-refractivity contribution in [2.24, 2.45) is 0 Å². The van der Waals surface area contributed by atoms with E-state index in [0.717, 1.165) is 25.6 Å². The minimum absolute atomic E-state index is 0.159. The zero-order chi connectivity index (χ0) is 15.5. The van der Waals surface area contributed by atoms with E-state index in [1.807, 2.05) is 11.2 Å². The molecule has 1 aromatic rings. The summed E-state index contributed by atoms with van der Waals surface area (Å²) in [5.41, 5.74) is 0.410. The van der Waals surface area contributed by atoms with Crippen molar-refractivity contribution in [3.05, 3.63) is 11.8 Å². The van der Waals surface area contributed by atoms with Gasteiger partial charge in [0, 0.05) is 19.1 Å². The highest BCUT2D eigenvalue weighted by Gasteiger charge is 2.25. The Morgan fingerprint density at radius 2 is 2.33 bits per heavy atom. The van der Waals surface area contributed by atoms with Gasteiger partial charge in [0.2, 0.25) is 10.0 Å². The van der Waals surface area contributed by atoms with Gasteiger partial charge in [-0.25, -0.2) is 23.1 Å². The summed E-state index contributed by atoms with van der Waals surface area (Å²) in [5, 5.41) is 9.79. The van der Waals surface area contributed by atoms with E-state index in [9.17, 15) is 13.7 Å². The van der Waals surface area contributed by atoms with Gasteiger partial charge in [0.1, 0.15) is 11.6 Å². The fourth-order valence-electron chi connectivity index (χ4n) is 2.34. The Hall–Kier alpha value is -1.37. The molecule has 7 nitrogen and oxygen atoms in total. The van der Waals surface area contributed by atoms with Crippen LogP contribution in [0, 0.1) is 11.3 Å². The number of thioether (sulfide) groups is 1. The normalized spacial score (nSPS) is 19.3. The van der Waals surface area contributed by atoms with Crippen LogP contribution in [0.25, 0.3) is 0 Å². The summed E-state index contributed by atoms with van der Waals surface area (Å²) in [6.07, 6.45) is 6.17. The molecule has 0 saturated carbocycles. The van der Waals surface area contributed by atoms with Gasteiger partial charge >= 0.3 is 0 Å². The van der Waals surface area contributed by atoms with E-state index < -0.39 is 10.0 Å². The number of nitrogens with one attached hydrogen (secondary N) is 1. The smallest absolute Gasteiger partial charge is 0.209 e. The second kappa shape index (κ2) is 6.60. The minimum atomic E-state index is -3.24. The lowest BCUT2D eigenvalue weighted by molar-refractivity contribution is 0.464. The SMILES string of the molecule is CSc1ncc(C#N)c(N2CCCC(NS(C)(=O)=O)C2)n1. The van der Waals surface area contributed by atoms with Gasteiger partial charge in [-0.2, -0.15) is 5.26 Å². The van der Waals surface area contributed by atoms with E-state index in [1.165, 1.54) is 18.0 Å². The van der Waals surface area contributed by atoms with Crippen LogP contribution < -0.4 is 9.62 Å². The van der Waals surface area contributed by atoms with Gasteiger partial charge in [-0.15, -0.1) is 0 Å². The Balaban J connectivity index is 2.23. The third kappa shape index (κ3) is 4.30. The molecule has 1 aromatic heterocycles. The van der Waals surface area contributed by atoms with Gasteiger partial charge in [0.05, 0.1) is 12.5 Å². The van der Waals surface area contributed by atoms with Crippen LogP contribution in [0.4, 0.5) is 5.82 Å². The first kappa shape index (κ1) is 16.0. The standard InChI is InChI=1S/C12H17N5O2S2/c1-20-12-14-7-9(6-13)11(15-12)17-5-3-4-10(8-17)16-21(2,18)19/h7,10,16H,3-5,8H2,1-2H3. The van der Waals surface area contributed by atoms with Crippen LogP contribution in [0.1, 0.15) is 18.4 Å². The number of nitrogens with zero attached hydrogens (tertiary/aromatic N) is 4. The third-order valence-electron chi connectivity index (χ3n) is 3.15. The molecule has 21 heavy (non-hydrogen) atoms. The average Bonchev–Trinajstić information content (AvgIpc) is 2.45. The first-order chi connectivity index (χ1) is 9.93. The Bertz CT molecular complexity index is 656. The fraction of sp³-hybridized carbons (Fsp3) is 0.583. The molecular weight excluding hydrogens is 310 g/mol. The second-order valence-electron chi connectivity index (χ2n) is 4.88. The number of nitriles is 1. The van der Waals surface area contributed by atoms with E-state index in [1.54, 1.807) is 0 Å². The third-order valence-corrected chi connectivity index (χ3v) is 4.47. The first-order valence-electron chi connectivity index (χ1n) is 6.46. The zero-order valence-electron chi connectivity index (χ0n) is 11.9. The van der Waals surface area contributed by atoms with Crippen LogP contribution in [0.3, 0.4) is 0 Å². The fourth-order valence-corrected chi connectivity index (χ4v) is 3.48. The van der Waals surface area contributed by atoms with E-state index >= 15 is 0 Å². The quantitative estimate of drug-likeness (QED) is 0.638. The van der Waals surface area contributed by atoms with E-state index in [2.05, 4.69) is 20.8 Å². The highest BCUT2D eigenvalue weighted by molar-refractivity contribution is 7.98. The van der Waals surface area contributed by atoms with Gasteiger partial charge < -0.3 is 4.90 Å². The largest absolute Gasteiger partial charge is 0.354 e. The van der Waals surface area contributed by atoms with Crippen LogP contribution in [-0.4, -0.2) is 50.0 Å². The first-order valence-corrected chi connectivity index (χ1v) is 9.58. The van der Waals surface area contributed by atoms with Gasteiger partial charge in [-0.1, -0.05) is 11.8 Å². The number of hydrogen-bond donors (Lipinski definition) is 1. The van der Waals surface area contributed by atoms with Crippen LogP contribution >= 0.6 is 11.8 Å². The Kier molecular flexibility index (Phi) is 5.03. The molecular formula is C12H17N5O2S2. The number of aromatic nitrogens is 2. The highest BCUT2D eigenvalue weighted by atomic mass is 32.2. The predicted octanol–water partition coefficient (Wildman–Crippen LogP) is 0.588. The topological polar surface area (TPSA) is 99.0 Å². The van der Waals surface area contributed by atoms with Crippen molar-refractivity contribution in [1.82, 2.24) is 14.7 Å². The molecule has 1 fully saturated rings. The maximum absolute atomic E-state index is 11.4. The number of hydrogen-bond acceptors (Lipinski definition) is 7. The van der Waals surface area contributed by atoms with Crippen molar-refractivity contribution in [3.8, 4) is 6.07 Å². The number of sulfonamides is 1. The average molecular weight is 327 g/mol. The molecule has 1 aliphatic heterocycles. The molecule has 0 spiro atoms. The van der Waals surface area contributed by atoms with E-state index in [0.29, 0.717) is 23.1 Å². The monoisotopic (exact) mass is 327 g/mol. The van der Waals surface area contributed by atoms with Crippen molar-refractivity contribution >= 4 is 27.6 Å². The molecule has 9 heteroatoms. The zero-order valence-corrected chi connectivity index (χ0v) is 13.5. The summed E-state index contributed by atoms with van der Waals surface area (Å²) in [5.74, 6) is 0.580. The molecule has 0 aromatic carbocycles. The lowest BCUT2D eigenvalue weighted by Crippen LogP contribution is -2.48. The number of piperidine rings is 1. The maximum atomic E-state index is 11.4. The van der Waals surface area contributed by atoms with Crippen LogP contribution in [0.15, 0.2) is 11.4 Å². The van der Waals surface area contributed by atoms with Crippen molar-refractivity contribution in [2.75, 3.05) is 30.5 Å². The summed E-state index contributed by atoms with van der Waals surface area (Å²) in [4.78, 5) is 10.4. The van der Waals surface area contributed by atoms with E-state index in [4.69, 9.17) is 0 Å². The lowest BCUT2D eigenvalue weighted by Gasteiger charge is -2.33. The molecule has 0 aliphatic carbocycles. The molecule has 0 bridgehead atoms. The van der Waals surface area contributed by atoms with Crippen molar-refractivity contribution < 1.29 is 8.42 Å². The van der Waals surface area contributed by atoms with Gasteiger partial charge in [0.15, 0.2) is 11.0 Å². The molecule has 0 amide bonds. The lowest BCUT2D eigenvalue weighted by atomic mass is 10.1. The van der Waals surface area contributed by atoms with Crippen LogP contribution in [-0.2, 0) is 10.0 Å². The molecule has 114 valence electrons. The summed E-state index contributed by atoms with van der Waals surface area (Å²) < 4.78 is 25.3. The van der Waals surface area contributed by atoms with Gasteiger partial charge in [-0.3, -0.25) is 0 Å². The van der Waals surface area contributed by atoms with Crippen LogP contribution in [0.5, 0.6) is 0 Å². The summed E-state index contributed by atoms with van der Waals surface area (Å²) >= 11 is 1.41. The molecule has 1 saturated heterocycles. The number of rotatable bonds is 4. The Morgan fingerprint density at radius 1 is 1.57 bits per heavy atom. The number of anilines is 1. The van der Waals surface area contributed by atoms with E-state index in [-0.39, 0.29) is 6.04 Å². The molecule has 1 N–H and O–H groups in total. The maximum Gasteiger partial charge on any atom is 0.209 e. The van der Waals surface area contributed by atoms with Gasteiger partial charge in [0.25, 0.3) is 0 Å². The second-order valence-corrected chi connectivity index (χ2v) is 7.43. The molecule has 1 atom stereocenters. The van der Waals surface area contributed by atoms with Crippen molar-refractivity contribution in [3.63, 3.8) is 0 Å². The Morgan fingerprint density at radius 3 is 2.95 bits per heavy atom. The van der Waals surface area contributed by atoms with Gasteiger partial charge in [-0.05, 0) is 19.1 Å². The predicted molar refractivity (Wildman–Crippen MR) is 81.7 cm³/mol.